The van der Waals surface area contributed by atoms with Crippen molar-refractivity contribution < 1.29 is 4.74 Å². The predicted octanol–water partition coefficient (Wildman–Crippen LogP) is 3.52. The summed E-state index contributed by atoms with van der Waals surface area (Å²) in [6.07, 6.45) is 3.29. The molecule has 0 bridgehead atoms. The summed E-state index contributed by atoms with van der Waals surface area (Å²) in [4.78, 5) is 0. The average Bonchev–Trinajstić information content (AvgIpc) is 2.75. The molecule has 0 radical (unpaired) electrons. The van der Waals surface area contributed by atoms with Crippen LogP contribution < -0.4 is 10.1 Å². The van der Waals surface area contributed by atoms with Crippen molar-refractivity contribution in [2.75, 3.05) is 5.32 Å². The van der Waals surface area contributed by atoms with Gasteiger partial charge in [-0.25, -0.2) is 0 Å². The van der Waals surface area contributed by atoms with Crippen molar-refractivity contribution in [3.8, 4) is 5.75 Å². The van der Waals surface area contributed by atoms with Crippen LogP contribution >= 0.6 is 0 Å². The Morgan fingerprint density at radius 2 is 2.20 bits per heavy atom. The van der Waals surface area contributed by atoms with Gasteiger partial charge in [0.25, 0.3) is 0 Å². The molecule has 2 aromatic rings. The van der Waals surface area contributed by atoms with E-state index in [1.807, 2.05) is 43.0 Å². The molecule has 1 unspecified atom stereocenters. The van der Waals surface area contributed by atoms with Gasteiger partial charge in [-0.15, -0.1) is 0 Å². The van der Waals surface area contributed by atoms with Crippen molar-refractivity contribution >= 4 is 5.69 Å². The summed E-state index contributed by atoms with van der Waals surface area (Å²) < 4.78 is 7.67. The van der Waals surface area contributed by atoms with E-state index in [1.165, 1.54) is 5.56 Å². The van der Waals surface area contributed by atoms with Crippen LogP contribution in [0.1, 0.15) is 31.5 Å². The fourth-order valence-electron chi connectivity index (χ4n) is 2.01. The zero-order valence-corrected chi connectivity index (χ0v) is 12.7. The molecule has 1 aromatic carbocycles. The lowest BCUT2D eigenvalue weighted by molar-refractivity contribution is 0.217. The fourth-order valence-corrected chi connectivity index (χ4v) is 2.01. The Morgan fingerprint density at radius 1 is 1.40 bits per heavy atom. The van der Waals surface area contributed by atoms with Crippen LogP contribution in [0.2, 0.25) is 0 Å². The van der Waals surface area contributed by atoms with Gasteiger partial charge in [0.05, 0.1) is 11.8 Å². The Balaban J connectivity index is 1.99. The highest BCUT2D eigenvalue weighted by Gasteiger charge is 2.04. The van der Waals surface area contributed by atoms with Crippen LogP contribution in [0, 0.1) is 6.92 Å². The Morgan fingerprint density at radius 3 is 2.85 bits per heavy atom. The molecule has 0 aliphatic rings. The van der Waals surface area contributed by atoms with E-state index >= 15 is 0 Å². The molecule has 4 nitrogen and oxygen atoms in total. The number of benzene rings is 1. The van der Waals surface area contributed by atoms with E-state index in [-0.39, 0.29) is 6.10 Å². The van der Waals surface area contributed by atoms with Crippen molar-refractivity contribution in [1.82, 2.24) is 9.78 Å². The molecule has 1 atom stereocenters. The first-order valence-electron chi connectivity index (χ1n) is 7.08. The first-order valence-corrected chi connectivity index (χ1v) is 7.08. The number of aromatic nitrogens is 2. The average molecular weight is 273 g/mol. The summed E-state index contributed by atoms with van der Waals surface area (Å²) in [5, 5.41) is 7.76. The standard InChI is InChI=1S/C16H23N3O/c1-5-12(2)20-16-8-6-7-15(9-16)17-10-14-11-19(4)18-13(14)3/h6-9,11-12,17H,5,10H2,1-4H3. The van der Waals surface area contributed by atoms with Gasteiger partial charge in [0.1, 0.15) is 5.75 Å². The van der Waals surface area contributed by atoms with E-state index < -0.39 is 0 Å². The van der Waals surface area contributed by atoms with E-state index in [1.54, 1.807) is 0 Å². The molecule has 0 saturated carbocycles. The van der Waals surface area contributed by atoms with Gasteiger partial charge in [0.2, 0.25) is 0 Å². The lowest BCUT2D eigenvalue weighted by Gasteiger charge is -2.14. The molecule has 4 heteroatoms. The van der Waals surface area contributed by atoms with E-state index in [0.717, 1.165) is 30.1 Å². The van der Waals surface area contributed by atoms with Crippen LogP contribution in [0.25, 0.3) is 0 Å². The number of nitrogens with one attached hydrogen (secondary N) is 1. The number of nitrogens with zero attached hydrogens (tertiary/aromatic N) is 2. The lowest BCUT2D eigenvalue weighted by atomic mass is 10.2. The second kappa shape index (κ2) is 6.46. The predicted molar refractivity (Wildman–Crippen MR) is 82.1 cm³/mol. The van der Waals surface area contributed by atoms with E-state index in [2.05, 4.69) is 30.3 Å². The topological polar surface area (TPSA) is 39.1 Å². The maximum Gasteiger partial charge on any atom is 0.121 e. The van der Waals surface area contributed by atoms with Gasteiger partial charge in [0, 0.05) is 37.1 Å². The minimum Gasteiger partial charge on any atom is -0.491 e. The second-order valence-electron chi connectivity index (χ2n) is 5.13. The number of hydrogen-bond acceptors (Lipinski definition) is 3. The summed E-state index contributed by atoms with van der Waals surface area (Å²) >= 11 is 0. The second-order valence-corrected chi connectivity index (χ2v) is 5.13. The van der Waals surface area contributed by atoms with Crippen molar-refractivity contribution in [2.45, 2.75) is 39.8 Å². The molecule has 1 aromatic heterocycles. The van der Waals surface area contributed by atoms with E-state index in [9.17, 15) is 0 Å². The zero-order valence-electron chi connectivity index (χ0n) is 12.7. The molecule has 0 saturated heterocycles. The number of anilines is 1. The fraction of sp³-hybridized carbons (Fsp3) is 0.438. The number of ether oxygens (including phenoxy) is 1. The molecule has 0 aliphatic heterocycles. The van der Waals surface area contributed by atoms with Crippen molar-refractivity contribution in [3.05, 3.63) is 41.7 Å². The van der Waals surface area contributed by atoms with Crippen LogP contribution in [-0.4, -0.2) is 15.9 Å². The van der Waals surface area contributed by atoms with Crippen LogP contribution in [-0.2, 0) is 13.6 Å². The molecular formula is C16H23N3O. The molecular weight excluding hydrogens is 250 g/mol. The van der Waals surface area contributed by atoms with Crippen molar-refractivity contribution in [3.63, 3.8) is 0 Å². The highest BCUT2D eigenvalue weighted by atomic mass is 16.5. The summed E-state index contributed by atoms with van der Waals surface area (Å²) in [5.74, 6) is 0.909. The van der Waals surface area contributed by atoms with Gasteiger partial charge in [0.15, 0.2) is 0 Å². The van der Waals surface area contributed by atoms with Gasteiger partial charge in [-0.1, -0.05) is 13.0 Å². The van der Waals surface area contributed by atoms with Gasteiger partial charge in [-0.2, -0.15) is 5.10 Å². The first kappa shape index (κ1) is 14.4. The SMILES string of the molecule is CCC(C)Oc1cccc(NCc2cn(C)nc2C)c1. The molecule has 108 valence electrons. The first-order chi connectivity index (χ1) is 9.58. The van der Waals surface area contributed by atoms with Gasteiger partial charge in [-0.05, 0) is 32.4 Å². The van der Waals surface area contributed by atoms with Crippen LogP contribution in [0.4, 0.5) is 5.69 Å². The molecule has 1 N–H and O–H groups in total. The minimum atomic E-state index is 0.241. The smallest absolute Gasteiger partial charge is 0.121 e. The number of rotatable bonds is 6. The van der Waals surface area contributed by atoms with E-state index in [0.29, 0.717) is 0 Å². The molecule has 0 amide bonds. The normalized spacial score (nSPS) is 12.2. The Hall–Kier alpha value is -1.97. The maximum absolute atomic E-state index is 5.83. The highest BCUT2D eigenvalue weighted by molar-refractivity contribution is 5.48. The highest BCUT2D eigenvalue weighted by Crippen LogP contribution is 2.20. The summed E-state index contributed by atoms with van der Waals surface area (Å²) in [5.41, 5.74) is 3.34. The zero-order chi connectivity index (χ0) is 14.5. The largest absolute Gasteiger partial charge is 0.491 e. The van der Waals surface area contributed by atoms with Gasteiger partial charge < -0.3 is 10.1 Å². The molecule has 20 heavy (non-hydrogen) atoms. The quantitative estimate of drug-likeness (QED) is 0.875. The van der Waals surface area contributed by atoms with Crippen LogP contribution in [0.5, 0.6) is 5.75 Å². The Bertz CT molecular complexity index is 563. The molecule has 0 aliphatic carbocycles. The third kappa shape index (κ3) is 3.76. The Kier molecular flexibility index (Phi) is 4.66. The molecule has 2 rings (SSSR count). The summed E-state index contributed by atoms with van der Waals surface area (Å²) in [6.45, 7) is 7.00. The van der Waals surface area contributed by atoms with Crippen molar-refractivity contribution in [1.29, 1.82) is 0 Å². The molecule has 0 spiro atoms. The third-order valence-electron chi connectivity index (χ3n) is 3.34. The minimum absolute atomic E-state index is 0.241. The number of aryl methyl sites for hydroxylation is 2. The third-order valence-corrected chi connectivity index (χ3v) is 3.34. The summed E-state index contributed by atoms with van der Waals surface area (Å²) in [7, 11) is 1.94. The van der Waals surface area contributed by atoms with Crippen LogP contribution in [0.15, 0.2) is 30.5 Å². The molecule has 0 fully saturated rings. The number of hydrogen-bond donors (Lipinski definition) is 1. The van der Waals surface area contributed by atoms with Crippen LogP contribution in [0.3, 0.4) is 0 Å². The lowest BCUT2D eigenvalue weighted by Crippen LogP contribution is -2.09. The van der Waals surface area contributed by atoms with Crippen molar-refractivity contribution in [2.24, 2.45) is 7.05 Å². The molecule has 1 heterocycles. The van der Waals surface area contributed by atoms with Gasteiger partial charge in [-0.3, -0.25) is 4.68 Å². The summed E-state index contributed by atoms with van der Waals surface area (Å²) in [6, 6.07) is 8.09. The Labute approximate surface area is 120 Å². The van der Waals surface area contributed by atoms with Gasteiger partial charge >= 0.3 is 0 Å². The van der Waals surface area contributed by atoms with E-state index in [4.69, 9.17) is 4.74 Å². The maximum atomic E-state index is 5.83. The monoisotopic (exact) mass is 273 g/mol.